The number of pyridine rings is 2. The van der Waals surface area contributed by atoms with E-state index >= 15 is 0 Å². The molecule has 0 unspecified atom stereocenters. The maximum atomic E-state index is 9.75. The second-order valence-corrected chi connectivity index (χ2v) is 5.40. The predicted octanol–water partition coefficient (Wildman–Crippen LogP) is 4.22. The molecule has 2 aromatic heterocycles. The summed E-state index contributed by atoms with van der Waals surface area (Å²) >= 11 is 0. The molecule has 0 aliphatic carbocycles. The van der Waals surface area contributed by atoms with Gasteiger partial charge < -0.3 is 34.5 Å². The summed E-state index contributed by atoms with van der Waals surface area (Å²) in [5.74, 6) is 0. The largest absolute Gasteiger partial charge is 0.673 e. The van der Waals surface area contributed by atoms with Gasteiger partial charge in [-0.25, -0.2) is 9.13 Å². The summed E-state index contributed by atoms with van der Waals surface area (Å²) in [7, 11) is -7.90. The van der Waals surface area contributed by atoms with Crippen molar-refractivity contribution in [2.24, 2.45) is 14.1 Å². The van der Waals surface area contributed by atoms with Gasteiger partial charge in [-0.3, -0.25) is 0 Å². The molecule has 2 aromatic rings. The van der Waals surface area contributed by atoms with E-state index in [2.05, 4.69) is 74.0 Å². The quantitative estimate of drug-likeness (QED) is 0.393. The van der Waals surface area contributed by atoms with E-state index in [0.717, 1.165) is 0 Å². The number of hydrogen-bond acceptors (Lipinski definition) is 0. The smallest absolute Gasteiger partial charge is 0.418 e. The van der Waals surface area contributed by atoms with Gasteiger partial charge in [-0.2, -0.15) is 0 Å². The first kappa shape index (κ1) is 23.9. The van der Waals surface area contributed by atoms with Gasteiger partial charge in [-0.05, 0) is 25.0 Å². The minimum Gasteiger partial charge on any atom is -0.418 e. The third-order valence-corrected chi connectivity index (χ3v) is 2.89. The normalized spacial score (nSPS) is 11.1. The molecule has 0 N–H and O–H groups in total. The van der Waals surface area contributed by atoms with Crippen LogP contribution in [0.2, 0.25) is 0 Å². The van der Waals surface area contributed by atoms with Gasteiger partial charge in [-0.1, -0.05) is 0 Å². The maximum Gasteiger partial charge on any atom is 0.673 e. The number of nitrogens with zero attached hydrogens (tertiary/aromatic N) is 2. The van der Waals surface area contributed by atoms with Gasteiger partial charge >= 0.3 is 14.5 Å². The van der Waals surface area contributed by atoms with E-state index < -0.39 is 14.5 Å². The van der Waals surface area contributed by atoms with E-state index in [1.165, 1.54) is 22.3 Å². The molecule has 0 saturated heterocycles. The Bertz CT molecular complexity index is 644. The third-order valence-electron chi connectivity index (χ3n) is 2.89. The SMILES string of the molecule is Cc1c[n+](C)ccc1-c1cc[n+](C)cc1C.F[B-](F)(F)F.F[B-](F)(F)F. The molecule has 0 atom stereocenters. The fourth-order valence-electron chi connectivity index (χ4n) is 2.09. The van der Waals surface area contributed by atoms with Crippen LogP contribution in [-0.4, -0.2) is 14.5 Å². The van der Waals surface area contributed by atoms with E-state index in [1.807, 2.05) is 0 Å². The summed E-state index contributed by atoms with van der Waals surface area (Å²) in [4.78, 5) is 0. The molecule has 0 aliphatic heterocycles. The molecule has 0 spiro atoms. The minimum atomic E-state index is -6.00. The van der Waals surface area contributed by atoms with Gasteiger partial charge in [0.15, 0.2) is 24.8 Å². The fourth-order valence-corrected chi connectivity index (χ4v) is 2.09. The van der Waals surface area contributed by atoms with E-state index in [4.69, 9.17) is 0 Å². The molecular formula is C14H18B2F8N2. The second-order valence-electron chi connectivity index (χ2n) is 5.40. The van der Waals surface area contributed by atoms with Crippen molar-refractivity contribution in [1.82, 2.24) is 0 Å². The van der Waals surface area contributed by atoms with Gasteiger partial charge in [-0.15, -0.1) is 0 Å². The highest BCUT2D eigenvalue weighted by Crippen LogP contribution is 2.23. The molecule has 12 heteroatoms. The lowest BCUT2D eigenvalue weighted by molar-refractivity contribution is -0.672. The lowest BCUT2D eigenvalue weighted by Gasteiger charge is -2.06. The van der Waals surface area contributed by atoms with Crippen molar-refractivity contribution in [3.05, 3.63) is 48.0 Å². The van der Waals surface area contributed by atoms with Crippen LogP contribution in [0, 0.1) is 13.8 Å². The third kappa shape index (κ3) is 12.3. The zero-order valence-electron chi connectivity index (χ0n) is 14.5. The number of hydrogen-bond donors (Lipinski definition) is 0. The molecule has 2 rings (SSSR count). The molecule has 146 valence electrons. The molecule has 0 fully saturated rings. The second kappa shape index (κ2) is 9.54. The van der Waals surface area contributed by atoms with Crippen molar-refractivity contribution in [3.63, 3.8) is 0 Å². The average Bonchev–Trinajstić information content (AvgIpc) is 2.36. The standard InChI is InChI=1S/C14H18N2.2BF4/c1-11-9-15(3)7-5-13(11)14-6-8-16(4)10-12(14)2;2*2-1(3,4)5/h5-10H,1-4H3;;/q+2;2*-1. The molecule has 0 aliphatic rings. The summed E-state index contributed by atoms with van der Waals surface area (Å²) in [5.41, 5.74) is 5.25. The fraction of sp³-hybridized carbons (Fsp3) is 0.286. The number of rotatable bonds is 1. The van der Waals surface area contributed by atoms with E-state index in [-0.39, 0.29) is 0 Å². The first-order valence-corrected chi connectivity index (χ1v) is 7.24. The van der Waals surface area contributed by atoms with Gasteiger partial charge in [0.2, 0.25) is 0 Å². The Morgan fingerprint density at radius 1 is 0.615 bits per heavy atom. The number of aromatic nitrogens is 2. The monoisotopic (exact) mass is 388 g/mol. The summed E-state index contributed by atoms with van der Waals surface area (Å²) in [6.07, 6.45) is 8.49. The van der Waals surface area contributed by atoms with Gasteiger partial charge in [0.25, 0.3) is 0 Å². The van der Waals surface area contributed by atoms with Crippen LogP contribution in [0.3, 0.4) is 0 Å². The van der Waals surface area contributed by atoms with Crippen molar-refractivity contribution in [3.8, 4) is 11.1 Å². The molecule has 0 saturated carbocycles. The Hall–Kier alpha value is -2.13. The Morgan fingerprint density at radius 2 is 0.846 bits per heavy atom. The zero-order valence-corrected chi connectivity index (χ0v) is 14.5. The van der Waals surface area contributed by atoms with Crippen LogP contribution in [0.4, 0.5) is 34.5 Å². The van der Waals surface area contributed by atoms with Crippen molar-refractivity contribution in [2.75, 3.05) is 0 Å². The Kier molecular flexibility index (Phi) is 8.75. The van der Waals surface area contributed by atoms with E-state index in [1.54, 1.807) is 0 Å². The summed E-state index contributed by atoms with van der Waals surface area (Å²) < 4.78 is 82.2. The van der Waals surface area contributed by atoms with Crippen molar-refractivity contribution in [1.29, 1.82) is 0 Å². The first-order valence-electron chi connectivity index (χ1n) is 7.24. The molecule has 2 heterocycles. The van der Waals surface area contributed by atoms with Gasteiger partial charge in [0.05, 0.1) is 0 Å². The molecule has 26 heavy (non-hydrogen) atoms. The Labute approximate surface area is 146 Å². The number of halogens is 8. The molecule has 0 bridgehead atoms. The van der Waals surface area contributed by atoms with Gasteiger partial charge in [0, 0.05) is 23.3 Å². The van der Waals surface area contributed by atoms with Crippen LogP contribution in [0.15, 0.2) is 36.9 Å². The highest BCUT2D eigenvalue weighted by atomic mass is 19.5. The lowest BCUT2D eigenvalue weighted by Crippen LogP contribution is -2.28. The van der Waals surface area contributed by atoms with Crippen LogP contribution in [0.1, 0.15) is 11.1 Å². The average molecular weight is 388 g/mol. The highest BCUT2D eigenvalue weighted by Gasteiger charge is 2.21. The zero-order chi connectivity index (χ0) is 20.7. The van der Waals surface area contributed by atoms with Crippen LogP contribution in [0.5, 0.6) is 0 Å². The van der Waals surface area contributed by atoms with E-state index in [9.17, 15) is 34.5 Å². The van der Waals surface area contributed by atoms with Crippen molar-refractivity contribution < 1.29 is 43.7 Å². The van der Waals surface area contributed by atoms with Crippen LogP contribution >= 0.6 is 0 Å². The van der Waals surface area contributed by atoms with E-state index in [0.29, 0.717) is 0 Å². The molecular weight excluding hydrogens is 370 g/mol. The summed E-state index contributed by atoms with van der Waals surface area (Å²) in [6, 6.07) is 4.36. The predicted molar refractivity (Wildman–Crippen MR) is 84.1 cm³/mol. The topological polar surface area (TPSA) is 7.76 Å². The highest BCUT2D eigenvalue weighted by molar-refractivity contribution is 6.50. The summed E-state index contributed by atoms with van der Waals surface area (Å²) in [5, 5.41) is 0. The van der Waals surface area contributed by atoms with Crippen molar-refractivity contribution in [2.45, 2.75) is 13.8 Å². The van der Waals surface area contributed by atoms with Gasteiger partial charge in [0.1, 0.15) is 14.1 Å². The molecule has 0 aromatic carbocycles. The molecule has 2 nitrogen and oxygen atoms in total. The minimum absolute atomic E-state index is 1.31. The van der Waals surface area contributed by atoms with Crippen LogP contribution in [0.25, 0.3) is 11.1 Å². The van der Waals surface area contributed by atoms with Crippen LogP contribution in [-0.2, 0) is 14.1 Å². The van der Waals surface area contributed by atoms with Crippen molar-refractivity contribution >= 4 is 14.5 Å². The maximum absolute atomic E-state index is 9.75. The number of aryl methyl sites for hydroxylation is 4. The Morgan fingerprint density at radius 3 is 1.04 bits per heavy atom. The first-order chi connectivity index (χ1) is 11.6. The Balaban J connectivity index is 0.000000520. The summed E-state index contributed by atoms with van der Waals surface area (Å²) in [6.45, 7) is 4.31. The van der Waals surface area contributed by atoms with Crippen LogP contribution < -0.4 is 9.13 Å². The lowest BCUT2D eigenvalue weighted by atomic mass is 10.00. The molecule has 0 amide bonds. The molecule has 0 radical (unpaired) electrons.